The van der Waals surface area contributed by atoms with Crippen molar-refractivity contribution >= 4 is 28.5 Å². The number of hydrogen-bond donors (Lipinski definition) is 4. The SMILES string of the molecule is CNC(=O)c1[nH]nc2c1[C@H](c1ccc3cccc(O)c3n1)CC(=O)N2. The van der Waals surface area contributed by atoms with Gasteiger partial charge < -0.3 is 15.7 Å². The number of pyridine rings is 1. The number of aromatic hydroxyl groups is 1. The number of phenolic OH excluding ortho intramolecular Hbond substituents is 1. The number of aromatic nitrogens is 3. The molecule has 0 saturated heterocycles. The first kappa shape index (κ1) is 15.1. The molecule has 0 aliphatic carbocycles. The molecule has 2 aromatic heterocycles. The fourth-order valence-electron chi connectivity index (χ4n) is 3.15. The number of phenols is 1. The molecule has 1 aromatic carbocycles. The number of fused-ring (bicyclic) bond motifs is 2. The van der Waals surface area contributed by atoms with E-state index in [1.54, 1.807) is 18.2 Å². The van der Waals surface area contributed by atoms with E-state index in [9.17, 15) is 14.7 Å². The number of anilines is 1. The first-order valence-electron chi connectivity index (χ1n) is 7.77. The van der Waals surface area contributed by atoms with Crippen molar-refractivity contribution in [3.8, 4) is 5.75 Å². The molecule has 8 nitrogen and oxygen atoms in total. The van der Waals surface area contributed by atoms with Crippen LogP contribution in [0, 0.1) is 0 Å². The molecule has 0 saturated carbocycles. The molecule has 4 rings (SSSR count). The van der Waals surface area contributed by atoms with Crippen LogP contribution in [0.25, 0.3) is 10.9 Å². The summed E-state index contributed by atoms with van der Waals surface area (Å²) in [7, 11) is 1.53. The van der Waals surface area contributed by atoms with Gasteiger partial charge >= 0.3 is 0 Å². The lowest BCUT2D eigenvalue weighted by Gasteiger charge is -2.22. The lowest BCUT2D eigenvalue weighted by molar-refractivity contribution is -0.116. The van der Waals surface area contributed by atoms with Crippen molar-refractivity contribution in [3.63, 3.8) is 0 Å². The predicted octanol–water partition coefficient (Wildman–Crippen LogP) is 1.50. The average molecular weight is 337 g/mol. The summed E-state index contributed by atoms with van der Waals surface area (Å²) >= 11 is 0. The van der Waals surface area contributed by atoms with E-state index in [4.69, 9.17) is 0 Å². The summed E-state index contributed by atoms with van der Waals surface area (Å²) in [5.74, 6) is -0.554. The van der Waals surface area contributed by atoms with Gasteiger partial charge in [-0.2, -0.15) is 5.10 Å². The molecule has 0 spiro atoms. The van der Waals surface area contributed by atoms with E-state index in [1.165, 1.54) is 7.05 Å². The quantitative estimate of drug-likeness (QED) is 0.565. The van der Waals surface area contributed by atoms with Crippen molar-refractivity contribution in [1.82, 2.24) is 20.5 Å². The minimum absolute atomic E-state index is 0.0681. The number of H-pyrrole nitrogens is 1. The standard InChI is InChI=1S/C17H15N5O3/c1-18-17(25)15-13-9(7-12(24)20-16(13)22-21-15)10-6-5-8-3-2-4-11(23)14(8)19-10/h2-6,9,23H,7H2,1H3,(H,18,25)(H2,20,21,22,24)/t9-/m0/s1. The Hall–Kier alpha value is -3.42. The second-order valence-electron chi connectivity index (χ2n) is 5.83. The maximum atomic E-state index is 12.1. The molecule has 0 radical (unpaired) electrons. The molecule has 2 amide bonds. The molecule has 0 bridgehead atoms. The molecule has 1 aliphatic heterocycles. The Morgan fingerprint density at radius 3 is 2.96 bits per heavy atom. The van der Waals surface area contributed by atoms with Gasteiger partial charge in [-0.1, -0.05) is 18.2 Å². The Morgan fingerprint density at radius 1 is 1.32 bits per heavy atom. The Kier molecular flexibility index (Phi) is 3.38. The average Bonchev–Trinajstić information content (AvgIpc) is 3.04. The van der Waals surface area contributed by atoms with Crippen LogP contribution in [0.5, 0.6) is 5.75 Å². The molecule has 8 heteroatoms. The molecule has 4 N–H and O–H groups in total. The van der Waals surface area contributed by atoms with Crippen LogP contribution >= 0.6 is 0 Å². The number of nitrogens with one attached hydrogen (secondary N) is 3. The van der Waals surface area contributed by atoms with Crippen LogP contribution in [0.3, 0.4) is 0 Å². The zero-order valence-electron chi connectivity index (χ0n) is 13.3. The van der Waals surface area contributed by atoms with Gasteiger partial charge in [0.15, 0.2) is 5.82 Å². The normalized spacial score (nSPS) is 16.4. The van der Waals surface area contributed by atoms with Crippen molar-refractivity contribution in [2.24, 2.45) is 0 Å². The van der Waals surface area contributed by atoms with Gasteiger partial charge in [-0.05, 0) is 12.1 Å². The number of nitrogens with zero attached hydrogens (tertiary/aromatic N) is 2. The van der Waals surface area contributed by atoms with Crippen LogP contribution in [-0.2, 0) is 4.79 Å². The van der Waals surface area contributed by atoms with Gasteiger partial charge in [0.1, 0.15) is 17.0 Å². The van der Waals surface area contributed by atoms with Crippen LogP contribution in [-0.4, -0.2) is 39.1 Å². The Morgan fingerprint density at radius 2 is 2.16 bits per heavy atom. The smallest absolute Gasteiger partial charge is 0.269 e. The molecular weight excluding hydrogens is 322 g/mol. The summed E-state index contributed by atoms with van der Waals surface area (Å²) < 4.78 is 0. The van der Waals surface area contributed by atoms with Crippen molar-refractivity contribution in [2.45, 2.75) is 12.3 Å². The first-order valence-corrected chi connectivity index (χ1v) is 7.77. The summed E-state index contributed by atoms with van der Waals surface area (Å²) in [5, 5.41) is 22.8. The number of rotatable bonds is 2. The number of amides is 2. The van der Waals surface area contributed by atoms with Crippen LogP contribution in [0.2, 0.25) is 0 Å². The maximum absolute atomic E-state index is 12.1. The zero-order valence-corrected chi connectivity index (χ0v) is 13.3. The summed E-state index contributed by atoms with van der Waals surface area (Å²) in [6.07, 6.45) is 0.141. The third-order valence-corrected chi connectivity index (χ3v) is 4.33. The highest BCUT2D eigenvalue weighted by Crippen LogP contribution is 2.38. The number of para-hydroxylation sites is 1. The lowest BCUT2D eigenvalue weighted by atomic mass is 9.88. The van der Waals surface area contributed by atoms with E-state index in [0.29, 0.717) is 28.3 Å². The van der Waals surface area contributed by atoms with E-state index < -0.39 is 5.92 Å². The van der Waals surface area contributed by atoms with E-state index in [-0.39, 0.29) is 24.0 Å². The van der Waals surface area contributed by atoms with Gasteiger partial charge in [-0.3, -0.25) is 14.7 Å². The van der Waals surface area contributed by atoms with Crippen LogP contribution < -0.4 is 10.6 Å². The van der Waals surface area contributed by atoms with Gasteiger partial charge in [-0.15, -0.1) is 0 Å². The van der Waals surface area contributed by atoms with E-state index in [1.807, 2.05) is 12.1 Å². The van der Waals surface area contributed by atoms with Crippen LogP contribution in [0.15, 0.2) is 30.3 Å². The van der Waals surface area contributed by atoms with Gasteiger partial charge in [0, 0.05) is 36.0 Å². The van der Waals surface area contributed by atoms with Crippen molar-refractivity contribution in [3.05, 3.63) is 47.3 Å². The van der Waals surface area contributed by atoms with Crippen molar-refractivity contribution < 1.29 is 14.7 Å². The zero-order chi connectivity index (χ0) is 17.6. The molecule has 3 heterocycles. The molecule has 1 atom stereocenters. The first-order chi connectivity index (χ1) is 12.1. The maximum Gasteiger partial charge on any atom is 0.269 e. The lowest BCUT2D eigenvalue weighted by Crippen LogP contribution is -2.27. The Labute approximate surface area is 142 Å². The minimum Gasteiger partial charge on any atom is -0.506 e. The summed E-state index contributed by atoms with van der Waals surface area (Å²) in [6, 6.07) is 8.79. The van der Waals surface area contributed by atoms with Gasteiger partial charge in [0.2, 0.25) is 5.91 Å². The number of carbonyl (C=O) groups excluding carboxylic acids is 2. The minimum atomic E-state index is -0.432. The number of hydrogen-bond acceptors (Lipinski definition) is 5. The highest BCUT2D eigenvalue weighted by Gasteiger charge is 2.34. The largest absolute Gasteiger partial charge is 0.506 e. The monoisotopic (exact) mass is 337 g/mol. The number of benzene rings is 1. The topological polar surface area (TPSA) is 120 Å². The highest BCUT2D eigenvalue weighted by molar-refractivity contribution is 6.00. The van der Waals surface area contributed by atoms with Crippen LogP contribution in [0.4, 0.5) is 5.82 Å². The second kappa shape index (κ2) is 5.59. The summed E-state index contributed by atoms with van der Waals surface area (Å²) in [6.45, 7) is 0. The highest BCUT2D eigenvalue weighted by atomic mass is 16.3. The van der Waals surface area contributed by atoms with Gasteiger partial charge in [0.05, 0.1) is 0 Å². The predicted molar refractivity (Wildman–Crippen MR) is 90.5 cm³/mol. The Bertz CT molecular complexity index is 1010. The number of carbonyl (C=O) groups is 2. The van der Waals surface area contributed by atoms with Crippen molar-refractivity contribution in [2.75, 3.05) is 12.4 Å². The molecule has 3 aromatic rings. The Balaban J connectivity index is 1.89. The summed E-state index contributed by atoms with van der Waals surface area (Å²) in [5.41, 5.74) is 1.94. The third kappa shape index (κ3) is 2.38. The van der Waals surface area contributed by atoms with E-state index >= 15 is 0 Å². The molecule has 126 valence electrons. The number of aromatic amines is 1. The molecule has 0 unspecified atom stereocenters. The van der Waals surface area contributed by atoms with Crippen LogP contribution in [0.1, 0.15) is 34.1 Å². The second-order valence-corrected chi connectivity index (χ2v) is 5.83. The molecule has 0 fully saturated rings. The third-order valence-electron chi connectivity index (χ3n) is 4.33. The fraction of sp³-hybridized carbons (Fsp3) is 0.176. The van der Waals surface area contributed by atoms with E-state index in [2.05, 4.69) is 25.8 Å². The fourth-order valence-corrected chi connectivity index (χ4v) is 3.15. The summed E-state index contributed by atoms with van der Waals surface area (Å²) in [4.78, 5) is 28.7. The van der Waals surface area contributed by atoms with E-state index in [0.717, 1.165) is 5.39 Å². The molecule has 25 heavy (non-hydrogen) atoms. The van der Waals surface area contributed by atoms with Crippen molar-refractivity contribution in [1.29, 1.82) is 0 Å². The molecule has 1 aliphatic rings. The van der Waals surface area contributed by atoms with Gasteiger partial charge in [0.25, 0.3) is 5.91 Å². The molecular formula is C17H15N5O3. The van der Waals surface area contributed by atoms with Gasteiger partial charge in [-0.25, -0.2) is 4.98 Å².